The molecule has 0 radical (unpaired) electrons. The topological polar surface area (TPSA) is 0 Å². The van der Waals surface area contributed by atoms with E-state index in [4.69, 9.17) is 0 Å². The zero-order valence-electron chi connectivity index (χ0n) is 5.16. The number of halogens is 2. The van der Waals surface area contributed by atoms with E-state index >= 15 is 0 Å². The molecule has 0 spiro atoms. The number of alkyl halides is 4. The summed E-state index contributed by atoms with van der Waals surface area (Å²) in [6.07, 6.45) is 2.92. The van der Waals surface area contributed by atoms with Crippen LogP contribution in [0.4, 0.5) is 0 Å². The average molecular weight is 338 g/mol. The SMILES string of the molecule is C=I1(C)CCCC1I. The van der Waals surface area contributed by atoms with Gasteiger partial charge in [0.2, 0.25) is 0 Å². The molecule has 0 saturated carbocycles. The first-order valence-corrected chi connectivity index (χ1v) is 10.5. The van der Waals surface area contributed by atoms with Crippen molar-refractivity contribution in [2.45, 2.75) is 14.8 Å². The zero-order valence-corrected chi connectivity index (χ0v) is 9.48. The molecule has 1 saturated heterocycles. The molecule has 0 bridgehead atoms. The van der Waals surface area contributed by atoms with Crippen molar-refractivity contribution in [2.24, 2.45) is 0 Å². The van der Waals surface area contributed by atoms with Crippen LogP contribution in [0.2, 0.25) is 0 Å². The summed E-state index contributed by atoms with van der Waals surface area (Å²) in [5.41, 5.74) is 0. The predicted octanol–water partition coefficient (Wildman–Crippen LogP) is 2.65. The molecule has 2 atom stereocenters. The van der Waals surface area contributed by atoms with Gasteiger partial charge in [-0.3, -0.25) is 0 Å². The van der Waals surface area contributed by atoms with Crippen LogP contribution in [0.25, 0.3) is 0 Å². The Morgan fingerprint density at radius 2 is 2.38 bits per heavy atom. The van der Waals surface area contributed by atoms with E-state index in [0.29, 0.717) is 0 Å². The van der Waals surface area contributed by atoms with Crippen LogP contribution in [0, 0.1) is 0 Å². The van der Waals surface area contributed by atoms with E-state index in [1.54, 1.807) is 0 Å². The summed E-state index contributed by atoms with van der Waals surface area (Å²) in [4.78, 5) is 2.44. The van der Waals surface area contributed by atoms with Gasteiger partial charge in [-0.15, -0.1) is 0 Å². The normalized spacial score (nSPS) is 55.5. The quantitative estimate of drug-likeness (QED) is 0.471. The van der Waals surface area contributed by atoms with Crippen molar-refractivity contribution >= 4 is 45.1 Å². The van der Waals surface area contributed by atoms with E-state index in [1.807, 2.05) is 0 Å². The van der Waals surface area contributed by atoms with Crippen molar-refractivity contribution in [2.75, 3.05) is 9.36 Å². The first kappa shape index (κ1) is 7.44. The second kappa shape index (κ2) is 2.52. The predicted molar refractivity (Wildman–Crippen MR) is 59.0 cm³/mol. The van der Waals surface area contributed by atoms with Crippen LogP contribution in [0.1, 0.15) is 12.8 Å². The molecule has 0 aromatic carbocycles. The monoisotopic (exact) mass is 338 g/mol. The van der Waals surface area contributed by atoms with Gasteiger partial charge in [0, 0.05) is 0 Å². The molecular weight excluding hydrogens is 326 g/mol. The molecule has 1 aliphatic heterocycles. The molecule has 0 amide bonds. The fourth-order valence-corrected chi connectivity index (χ4v) is 7.74. The van der Waals surface area contributed by atoms with Crippen LogP contribution in [0.3, 0.4) is 0 Å². The van der Waals surface area contributed by atoms with Gasteiger partial charge in [0.25, 0.3) is 0 Å². The Bertz CT molecular complexity index is 128. The summed E-state index contributed by atoms with van der Waals surface area (Å²) < 4.78 is 6.82. The van der Waals surface area contributed by atoms with Gasteiger partial charge in [-0.2, -0.15) is 0 Å². The third kappa shape index (κ3) is 1.43. The molecule has 1 rings (SSSR count). The van der Waals surface area contributed by atoms with Crippen molar-refractivity contribution in [3.63, 3.8) is 0 Å². The molecule has 2 heteroatoms. The Labute approximate surface area is 68.6 Å². The van der Waals surface area contributed by atoms with Gasteiger partial charge in [0.05, 0.1) is 0 Å². The summed E-state index contributed by atoms with van der Waals surface area (Å²) >= 11 is 1.30. The zero-order chi connectivity index (χ0) is 6.20. The molecule has 0 aliphatic carbocycles. The van der Waals surface area contributed by atoms with Crippen LogP contribution in [0.5, 0.6) is 0 Å². The Balaban J connectivity index is 2.69. The van der Waals surface area contributed by atoms with E-state index in [2.05, 4.69) is 32.0 Å². The van der Waals surface area contributed by atoms with Crippen LogP contribution < -0.4 is 0 Å². The summed E-state index contributed by atoms with van der Waals surface area (Å²) in [5, 5.41) is 0. The summed E-state index contributed by atoms with van der Waals surface area (Å²) in [6, 6.07) is 0. The molecule has 50 valence electrons. The summed E-state index contributed by atoms with van der Waals surface area (Å²) in [7, 11) is 0. The number of hydrogen-bond acceptors (Lipinski definition) is 0. The van der Waals surface area contributed by atoms with Gasteiger partial charge in [-0.25, -0.2) is 0 Å². The van der Waals surface area contributed by atoms with Gasteiger partial charge in [0.15, 0.2) is 0 Å². The van der Waals surface area contributed by atoms with Crippen LogP contribution in [0.15, 0.2) is 0 Å². The second-order valence-corrected chi connectivity index (χ2v) is 16.1. The molecule has 2 unspecified atom stereocenters. The van der Waals surface area contributed by atoms with Crippen LogP contribution in [-0.2, 0) is 0 Å². The van der Waals surface area contributed by atoms with Gasteiger partial charge >= 0.3 is 69.2 Å². The number of hydrogen-bond donors (Lipinski definition) is 0. The minimum atomic E-state index is -1.29. The van der Waals surface area contributed by atoms with Gasteiger partial charge < -0.3 is 0 Å². The van der Waals surface area contributed by atoms with Crippen molar-refractivity contribution in [1.29, 1.82) is 0 Å². The Morgan fingerprint density at radius 3 is 2.50 bits per heavy atom. The molecule has 0 N–H and O–H groups in total. The van der Waals surface area contributed by atoms with Crippen LogP contribution >= 0.6 is 40.6 Å². The van der Waals surface area contributed by atoms with Gasteiger partial charge in [-0.05, 0) is 0 Å². The van der Waals surface area contributed by atoms with E-state index in [-0.39, 0.29) is 0 Å². The maximum absolute atomic E-state index is 4.32. The standard InChI is InChI=1S/C6H12I2/c1-8(2)5-3-4-6(8)7/h6H,1,3-5H2,2H3. The molecule has 1 heterocycles. The Kier molecular flexibility index (Phi) is 2.34. The second-order valence-electron chi connectivity index (χ2n) is 2.47. The first-order chi connectivity index (χ1) is 3.63. The molecule has 8 heavy (non-hydrogen) atoms. The fraction of sp³-hybridized carbons (Fsp3) is 0.833. The van der Waals surface area contributed by atoms with E-state index in [9.17, 15) is 0 Å². The molecule has 0 nitrogen and oxygen atoms in total. The number of rotatable bonds is 0. The third-order valence-electron chi connectivity index (χ3n) is 1.56. The van der Waals surface area contributed by atoms with Crippen molar-refractivity contribution < 1.29 is 0 Å². The van der Waals surface area contributed by atoms with E-state index in [0.717, 1.165) is 1.93 Å². The van der Waals surface area contributed by atoms with Gasteiger partial charge in [0.1, 0.15) is 0 Å². The molecule has 1 fully saturated rings. The van der Waals surface area contributed by atoms with E-state index in [1.165, 1.54) is 17.3 Å². The summed E-state index contributed by atoms with van der Waals surface area (Å²) in [6.45, 7) is 0. The summed E-state index contributed by atoms with van der Waals surface area (Å²) in [5.74, 6) is 0. The minimum absolute atomic E-state index is 1.000. The fourth-order valence-electron chi connectivity index (χ4n) is 0.919. The van der Waals surface area contributed by atoms with Crippen molar-refractivity contribution in [1.82, 2.24) is 0 Å². The van der Waals surface area contributed by atoms with Crippen LogP contribution in [-0.4, -0.2) is 15.8 Å². The first-order valence-electron chi connectivity index (χ1n) is 2.76. The Hall–Kier alpha value is 1.33. The Morgan fingerprint density at radius 1 is 1.75 bits per heavy atom. The third-order valence-corrected chi connectivity index (χ3v) is 16.9. The van der Waals surface area contributed by atoms with Crippen molar-refractivity contribution in [3.05, 3.63) is 0 Å². The molecular formula is C6H12I2. The van der Waals surface area contributed by atoms with E-state index < -0.39 is 18.0 Å². The van der Waals surface area contributed by atoms with Gasteiger partial charge in [-0.1, -0.05) is 0 Å². The molecule has 0 aromatic rings. The molecule has 0 aromatic heterocycles. The van der Waals surface area contributed by atoms with Crippen molar-refractivity contribution in [3.8, 4) is 0 Å². The molecule has 1 aliphatic rings. The maximum atomic E-state index is 4.32. The average Bonchev–Trinajstić information content (AvgIpc) is 1.86.